The highest BCUT2D eigenvalue weighted by molar-refractivity contribution is 7.89. The lowest BCUT2D eigenvalue weighted by Crippen LogP contribution is -2.12. The zero-order valence-electron chi connectivity index (χ0n) is 11.7. The molecule has 2 rings (SSSR count). The fourth-order valence-corrected chi connectivity index (χ4v) is 2.70. The Morgan fingerprint density at radius 3 is 2.41 bits per heavy atom. The Morgan fingerprint density at radius 2 is 1.82 bits per heavy atom. The fourth-order valence-electron chi connectivity index (χ4n) is 1.98. The minimum atomic E-state index is -3.66. The summed E-state index contributed by atoms with van der Waals surface area (Å²) in [5, 5.41) is 8.34. The molecule has 4 nitrogen and oxygen atoms in total. The zero-order chi connectivity index (χ0) is 16.2. The molecular weight excluding hydrogens is 327 g/mol. The second-order valence-electron chi connectivity index (χ2n) is 4.85. The van der Waals surface area contributed by atoms with Gasteiger partial charge in [0.1, 0.15) is 5.82 Å². The molecule has 7 heteroatoms. The molecule has 0 radical (unpaired) electrons. The number of hydrogen-bond acceptors (Lipinski definition) is 3. The van der Waals surface area contributed by atoms with Crippen LogP contribution in [0.5, 0.6) is 0 Å². The van der Waals surface area contributed by atoms with Gasteiger partial charge in [-0.25, -0.2) is 17.9 Å². The smallest absolute Gasteiger partial charge is 0.238 e. The van der Waals surface area contributed by atoms with Gasteiger partial charge >= 0.3 is 0 Å². The average Bonchev–Trinajstić information content (AvgIpc) is 2.47. The number of aryl methyl sites for hydroxylation is 1. The second kappa shape index (κ2) is 7.09. The van der Waals surface area contributed by atoms with Crippen LogP contribution in [0.1, 0.15) is 12.0 Å². The van der Waals surface area contributed by atoms with Crippen LogP contribution in [0.15, 0.2) is 47.4 Å². The summed E-state index contributed by atoms with van der Waals surface area (Å²) in [5.74, 6) is -0.418. The van der Waals surface area contributed by atoms with Crippen LogP contribution >= 0.6 is 11.6 Å². The van der Waals surface area contributed by atoms with Crippen molar-refractivity contribution in [3.05, 3.63) is 58.9 Å². The number of halogens is 2. The van der Waals surface area contributed by atoms with Gasteiger partial charge in [0.25, 0.3) is 0 Å². The van der Waals surface area contributed by atoms with Gasteiger partial charge in [0, 0.05) is 12.2 Å². The highest BCUT2D eigenvalue weighted by atomic mass is 35.5. The maximum absolute atomic E-state index is 13.0. The van der Waals surface area contributed by atoms with Crippen molar-refractivity contribution in [1.82, 2.24) is 0 Å². The molecule has 0 aliphatic carbocycles. The third-order valence-corrected chi connectivity index (χ3v) is 4.36. The minimum absolute atomic E-state index is 0.0824. The number of sulfonamides is 1. The van der Waals surface area contributed by atoms with Crippen molar-refractivity contribution in [2.75, 3.05) is 11.9 Å². The first-order valence-electron chi connectivity index (χ1n) is 6.67. The molecule has 22 heavy (non-hydrogen) atoms. The standard InChI is InChI=1S/C15H16ClFN2O2S/c16-14-10-11(3-8-15(14)17)2-1-9-19-12-4-6-13(7-5-12)22(18,20)21/h3-8,10,19H,1-2,9H2,(H2,18,20,21). The van der Waals surface area contributed by atoms with Crippen LogP contribution in [0.2, 0.25) is 5.02 Å². The molecule has 0 atom stereocenters. The van der Waals surface area contributed by atoms with Gasteiger partial charge in [0.2, 0.25) is 10.0 Å². The van der Waals surface area contributed by atoms with E-state index in [4.69, 9.17) is 16.7 Å². The van der Waals surface area contributed by atoms with Crippen molar-refractivity contribution in [1.29, 1.82) is 0 Å². The maximum Gasteiger partial charge on any atom is 0.238 e. The van der Waals surface area contributed by atoms with E-state index in [2.05, 4.69) is 5.32 Å². The average molecular weight is 343 g/mol. The zero-order valence-corrected chi connectivity index (χ0v) is 13.3. The number of nitrogens with two attached hydrogens (primary N) is 1. The molecule has 0 saturated carbocycles. The lowest BCUT2D eigenvalue weighted by molar-refractivity contribution is 0.598. The molecule has 2 aromatic carbocycles. The molecule has 0 unspecified atom stereocenters. The summed E-state index contributed by atoms with van der Waals surface area (Å²) in [5.41, 5.74) is 1.78. The Hall–Kier alpha value is -1.63. The van der Waals surface area contributed by atoms with Gasteiger partial charge in [-0.15, -0.1) is 0 Å². The number of rotatable bonds is 6. The first kappa shape index (κ1) is 16.7. The molecule has 0 bridgehead atoms. The highest BCUT2D eigenvalue weighted by Gasteiger charge is 2.06. The summed E-state index contributed by atoms with van der Waals surface area (Å²) in [6.07, 6.45) is 1.60. The van der Waals surface area contributed by atoms with Gasteiger partial charge in [-0.3, -0.25) is 0 Å². The van der Waals surface area contributed by atoms with Crippen molar-refractivity contribution < 1.29 is 12.8 Å². The number of hydrogen-bond donors (Lipinski definition) is 2. The third kappa shape index (κ3) is 4.69. The first-order chi connectivity index (χ1) is 10.4. The Balaban J connectivity index is 1.82. The van der Waals surface area contributed by atoms with Crippen LogP contribution in [-0.2, 0) is 16.4 Å². The van der Waals surface area contributed by atoms with Crippen LogP contribution < -0.4 is 10.5 Å². The Kier molecular flexibility index (Phi) is 5.39. The van der Waals surface area contributed by atoms with Crippen LogP contribution in [0.25, 0.3) is 0 Å². The van der Waals surface area contributed by atoms with E-state index in [-0.39, 0.29) is 9.92 Å². The maximum atomic E-state index is 13.0. The van der Waals surface area contributed by atoms with Gasteiger partial charge < -0.3 is 5.32 Å². The van der Waals surface area contributed by atoms with Crippen molar-refractivity contribution in [2.45, 2.75) is 17.7 Å². The van der Waals surface area contributed by atoms with Crippen LogP contribution in [0, 0.1) is 5.82 Å². The predicted molar refractivity (Wildman–Crippen MR) is 86.0 cm³/mol. The van der Waals surface area contributed by atoms with E-state index in [9.17, 15) is 12.8 Å². The van der Waals surface area contributed by atoms with E-state index in [0.29, 0.717) is 6.54 Å². The molecule has 0 saturated heterocycles. The molecule has 0 spiro atoms. The SMILES string of the molecule is NS(=O)(=O)c1ccc(NCCCc2ccc(F)c(Cl)c2)cc1. The highest BCUT2D eigenvalue weighted by Crippen LogP contribution is 2.17. The van der Waals surface area contributed by atoms with Crippen LogP contribution in [-0.4, -0.2) is 15.0 Å². The molecule has 0 aromatic heterocycles. The molecule has 118 valence electrons. The number of benzene rings is 2. The number of nitrogens with one attached hydrogen (secondary N) is 1. The number of primary sulfonamides is 1. The van der Waals surface area contributed by atoms with E-state index >= 15 is 0 Å². The quantitative estimate of drug-likeness (QED) is 0.792. The van der Waals surface area contributed by atoms with Crippen LogP contribution in [0.4, 0.5) is 10.1 Å². The summed E-state index contributed by atoms with van der Waals surface area (Å²) in [6, 6.07) is 10.9. The lowest BCUT2D eigenvalue weighted by atomic mass is 10.1. The molecule has 2 aromatic rings. The van der Waals surface area contributed by atoms with Gasteiger partial charge in [0.15, 0.2) is 0 Å². The van der Waals surface area contributed by atoms with E-state index < -0.39 is 15.8 Å². The Labute approximate surface area is 134 Å². The first-order valence-corrected chi connectivity index (χ1v) is 8.59. The van der Waals surface area contributed by atoms with Gasteiger partial charge in [0.05, 0.1) is 9.92 Å². The monoisotopic (exact) mass is 342 g/mol. The largest absolute Gasteiger partial charge is 0.385 e. The van der Waals surface area contributed by atoms with Crippen LogP contribution in [0.3, 0.4) is 0 Å². The summed E-state index contributed by atoms with van der Waals surface area (Å²) >= 11 is 5.72. The fraction of sp³-hybridized carbons (Fsp3) is 0.200. The molecular formula is C15H16ClFN2O2S. The molecule has 0 aliphatic heterocycles. The third-order valence-electron chi connectivity index (χ3n) is 3.14. The minimum Gasteiger partial charge on any atom is -0.385 e. The van der Waals surface area contributed by atoms with E-state index in [1.54, 1.807) is 24.3 Å². The Morgan fingerprint density at radius 1 is 1.14 bits per heavy atom. The summed E-state index contributed by atoms with van der Waals surface area (Å²) in [7, 11) is -3.66. The van der Waals surface area contributed by atoms with Gasteiger partial charge in [-0.2, -0.15) is 0 Å². The van der Waals surface area contributed by atoms with Gasteiger partial charge in [-0.1, -0.05) is 17.7 Å². The predicted octanol–water partition coefficient (Wildman–Crippen LogP) is 3.17. The lowest BCUT2D eigenvalue weighted by Gasteiger charge is -2.07. The van der Waals surface area contributed by atoms with E-state index in [1.807, 2.05) is 0 Å². The number of anilines is 1. The summed E-state index contributed by atoms with van der Waals surface area (Å²) < 4.78 is 35.3. The normalized spacial score (nSPS) is 11.4. The second-order valence-corrected chi connectivity index (χ2v) is 6.82. The molecule has 0 aliphatic rings. The molecule has 0 amide bonds. The molecule has 0 fully saturated rings. The summed E-state index contributed by atoms with van der Waals surface area (Å²) in [6.45, 7) is 0.698. The summed E-state index contributed by atoms with van der Waals surface area (Å²) in [4.78, 5) is 0.0824. The van der Waals surface area contributed by atoms with Crippen molar-refractivity contribution in [2.24, 2.45) is 5.14 Å². The van der Waals surface area contributed by atoms with Gasteiger partial charge in [-0.05, 0) is 54.8 Å². The van der Waals surface area contributed by atoms with E-state index in [0.717, 1.165) is 24.1 Å². The Bertz CT molecular complexity index is 749. The molecule has 0 heterocycles. The van der Waals surface area contributed by atoms with E-state index in [1.165, 1.54) is 18.2 Å². The molecule has 3 N–H and O–H groups in total. The van der Waals surface area contributed by atoms with Crippen molar-refractivity contribution in [3.63, 3.8) is 0 Å². The van der Waals surface area contributed by atoms with Crippen molar-refractivity contribution in [3.8, 4) is 0 Å². The topological polar surface area (TPSA) is 72.2 Å². The van der Waals surface area contributed by atoms with Crippen molar-refractivity contribution >= 4 is 27.3 Å².